The fourth-order valence-electron chi connectivity index (χ4n) is 12.3. The van der Waals surface area contributed by atoms with Gasteiger partial charge in [0.1, 0.15) is 25.9 Å². The third-order valence-electron chi connectivity index (χ3n) is 16.3. The number of fused-ring (bicyclic) bond motifs is 5. The third-order valence-corrected chi connectivity index (χ3v) is 16.3. The summed E-state index contributed by atoms with van der Waals surface area (Å²) in [5, 5.41) is 12.8. The summed E-state index contributed by atoms with van der Waals surface area (Å²) < 4.78 is 39.8. The zero-order valence-electron chi connectivity index (χ0n) is 46.4. The monoisotopic (exact) mass is 1060 g/mol. The van der Waals surface area contributed by atoms with Crippen LogP contribution in [0.3, 0.4) is 0 Å². The molecule has 11 N–H and O–H groups in total. The van der Waals surface area contributed by atoms with Gasteiger partial charge in [0.15, 0.2) is 11.7 Å². The normalized spacial score (nSPS) is 25.1. The maximum atomic E-state index is 13.3. The van der Waals surface area contributed by atoms with E-state index in [-0.39, 0.29) is 88.3 Å². The molecule has 3 saturated carbocycles. The molecule has 9 unspecified atom stereocenters. The molecule has 0 spiro atoms. The molecule has 9 atom stereocenters. The Labute approximate surface area is 446 Å². The lowest BCUT2D eigenvalue weighted by Gasteiger charge is -2.58. The Hall–Kier alpha value is -5.11. The van der Waals surface area contributed by atoms with Crippen LogP contribution in [0.2, 0.25) is 0 Å². The molecule has 4 aliphatic carbocycles. The van der Waals surface area contributed by atoms with Crippen LogP contribution in [0.5, 0.6) is 0 Å². The highest BCUT2D eigenvalue weighted by atomic mass is 16.7. The van der Waals surface area contributed by atoms with E-state index in [1.165, 1.54) is 50.5 Å². The van der Waals surface area contributed by atoms with Gasteiger partial charge in [-0.25, -0.2) is 9.59 Å². The van der Waals surface area contributed by atoms with Gasteiger partial charge in [-0.3, -0.25) is 24.8 Å². The van der Waals surface area contributed by atoms with Crippen LogP contribution in [-0.4, -0.2) is 112 Å². The van der Waals surface area contributed by atoms with Crippen LogP contribution >= 0.6 is 0 Å². The van der Waals surface area contributed by atoms with Gasteiger partial charge in [0, 0.05) is 44.5 Å². The van der Waals surface area contributed by atoms with Crippen LogP contribution in [0.15, 0.2) is 28.9 Å². The summed E-state index contributed by atoms with van der Waals surface area (Å²) in [6.45, 7) is 17.4. The summed E-state index contributed by atoms with van der Waals surface area (Å²) in [4.78, 5) is 68.2. The van der Waals surface area contributed by atoms with E-state index in [9.17, 15) is 24.0 Å². The van der Waals surface area contributed by atoms with Gasteiger partial charge in [-0.1, -0.05) is 72.1 Å². The summed E-state index contributed by atoms with van der Waals surface area (Å²) >= 11 is 0. The Bertz CT molecular complexity index is 1960. The average molecular weight is 1060 g/mol. The Kier molecular flexibility index (Phi) is 24.5. The summed E-state index contributed by atoms with van der Waals surface area (Å²) in [7, 11) is 0. The molecule has 4 aliphatic rings. The smallest absolute Gasteiger partial charge is 0.408 e. The Morgan fingerprint density at radius 3 is 1.96 bits per heavy atom. The Balaban J connectivity index is 1.24. The van der Waals surface area contributed by atoms with Gasteiger partial charge in [0.25, 0.3) is 0 Å². The van der Waals surface area contributed by atoms with Gasteiger partial charge >= 0.3 is 30.1 Å². The molecule has 20 nitrogen and oxygen atoms in total. The third kappa shape index (κ3) is 20.1. The number of amides is 2. The van der Waals surface area contributed by atoms with Gasteiger partial charge in [0.2, 0.25) is 5.60 Å². The average Bonchev–Trinajstić information content (AvgIpc) is 3.69. The number of hydrogen-bond acceptors (Lipinski definition) is 15. The molecule has 0 aromatic rings. The maximum absolute atomic E-state index is 13.3. The van der Waals surface area contributed by atoms with Gasteiger partial charge in [-0.15, -0.1) is 0 Å². The number of rotatable bonds is 32. The van der Waals surface area contributed by atoms with Crippen LogP contribution in [0, 0.1) is 51.7 Å². The van der Waals surface area contributed by atoms with Crippen molar-refractivity contribution >= 4 is 41.9 Å². The second-order valence-corrected chi connectivity index (χ2v) is 23.0. The molecule has 4 rings (SSSR count). The standard InChI is InChI=1S/C55H94N8O12/c1-36(2)12-9-13-37(3)42-20-21-43-41-19-18-39-32-40(22-25-53(39,7)44(41)23-26-54(42,43)8)74-50(67)62-28-30-72-52(5,6)73-31-29-63-51(68)75-55(33-69-46(64)16-10-14-38(4)56,34-70-47(65)17-11-15-45(57)58)35-71-48(66)24-27-61-49(59)60/h18,36-37,40-44H,4,9-17,19-35,56H2,1-3,5-8H3,(H3,57,58)(H,62,67)(H,63,68)(H4,59,60,61). The van der Waals surface area contributed by atoms with E-state index < -0.39 is 61.3 Å². The number of nitrogens with one attached hydrogen (secondary N) is 3. The van der Waals surface area contributed by atoms with E-state index in [0.29, 0.717) is 29.9 Å². The first kappa shape index (κ1) is 62.4. The van der Waals surface area contributed by atoms with Gasteiger partial charge in [-0.2, -0.15) is 0 Å². The minimum absolute atomic E-state index is 0.0484. The van der Waals surface area contributed by atoms with E-state index in [4.69, 9.17) is 61.5 Å². The van der Waals surface area contributed by atoms with Gasteiger partial charge in [0.05, 0.1) is 32.0 Å². The quantitative estimate of drug-likeness (QED) is 0.00656. The molecule has 426 valence electrons. The summed E-state index contributed by atoms with van der Waals surface area (Å²) in [5.74, 6) is 0.929. The van der Waals surface area contributed by atoms with E-state index >= 15 is 0 Å². The molecule has 0 saturated heterocycles. The number of carbonyl (C=O) groups excluding carboxylic acids is 5. The van der Waals surface area contributed by atoms with Crippen LogP contribution in [0.25, 0.3) is 0 Å². The molecule has 3 fully saturated rings. The molecule has 0 aromatic heterocycles. The number of esters is 3. The summed E-state index contributed by atoms with van der Waals surface area (Å²) in [6.07, 6.45) is 14.6. The van der Waals surface area contributed by atoms with Crippen molar-refractivity contribution in [2.24, 2.45) is 74.3 Å². The number of carbonyl (C=O) groups is 5. The molecule has 0 radical (unpaired) electrons. The first-order valence-corrected chi connectivity index (χ1v) is 27.5. The highest BCUT2D eigenvalue weighted by molar-refractivity contribution is 5.78. The van der Waals surface area contributed by atoms with Crippen molar-refractivity contribution in [1.82, 2.24) is 10.6 Å². The van der Waals surface area contributed by atoms with Gasteiger partial charge < -0.3 is 66.7 Å². The van der Waals surface area contributed by atoms with Crippen LogP contribution in [0.1, 0.15) is 164 Å². The first-order valence-electron chi connectivity index (χ1n) is 27.5. The van der Waals surface area contributed by atoms with Crippen LogP contribution in [-0.2, 0) is 47.5 Å². The number of alkyl carbamates (subject to hydrolysis) is 2. The molecule has 0 aromatic carbocycles. The molecule has 75 heavy (non-hydrogen) atoms. The number of ether oxygens (including phenoxy) is 7. The highest BCUT2D eigenvalue weighted by Crippen LogP contribution is 2.67. The zero-order chi connectivity index (χ0) is 55.4. The number of amidine groups is 1. The largest absolute Gasteiger partial charge is 0.461 e. The van der Waals surface area contributed by atoms with Crippen molar-refractivity contribution in [2.45, 2.75) is 182 Å². The van der Waals surface area contributed by atoms with Crippen LogP contribution in [0.4, 0.5) is 9.59 Å². The number of allylic oxidation sites excluding steroid dienone is 2. The fraction of sp³-hybridized carbons (Fsp3) is 0.800. The maximum Gasteiger partial charge on any atom is 0.408 e. The lowest BCUT2D eigenvalue weighted by molar-refractivity contribution is -0.211. The Morgan fingerprint density at radius 1 is 0.773 bits per heavy atom. The molecule has 0 heterocycles. The number of guanidine groups is 1. The van der Waals surface area contributed by atoms with Crippen molar-refractivity contribution in [3.05, 3.63) is 23.9 Å². The lowest BCUT2D eigenvalue weighted by Crippen LogP contribution is -2.51. The predicted octanol–water partition coefficient (Wildman–Crippen LogP) is 7.40. The number of nitrogens with two attached hydrogens (primary N) is 4. The summed E-state index contributed by atoms with van der Waals surface area (Å²) in [5.41, 5.74) is 22.2. The van der Waals surface area contributed by atoms with Crippen molar-refractivity contribution < 1.29 is 57.1 Å². The molecular formula is C55H94N8O12. The molecule has 0 bridgehead atoms. The molecular weight excluding hydrogens is 965 g/mol. The van der Waals surface area contributed by atoms with E-state index in [2.05, 4.69) is 62.9 Å². The number of nitrogens with zero attached hydrogens (tertiary/aromatic N) is 1. The molecule has 2 amide bonds. The molecule has 0 aliphatic heterocycles. The van der Waals surface area contributed by atoms with Gasteiger partial charge in [-0.05, 0) is 124 Å². The van der Waals surface area contributed by atoms with Crippen molar-refractivity contribution in [3.8, 4) is 0 Å². The fourth-order valence-corrected chi connectivity index (χ4v) is 12.3. The zero-order valence-corrected chi connectivity index (χ0v) is 46.4. The summed E-state index contributed by atoms with van der Waals surface area (Å²) in [6, 6.07) is 0. The van der Waals surface area contributed by atoms with Crippen LogP contribution < -0.4 is 33.6 Å². The highest BCUT2D eigenvalue weighted by Gasteiger charge is 2.59. The minimum Gasteiger partial charge on any atom is -0.461 e. The first-order chi connectivity index (χ1) is 35.4. The topological polar surface area (TPSA) is 314 Å². The van der Waals surface area contributed by atoms with Crippen molar-refractivity contribution in [1.29, 1.82) is 5.41 Å². The van der Waals surface area contributed by atoms with E-state index in [1.54, 1.807) is 13.8 Å². The minimum atomic E-state index is -2.01. The van der Waals surface area contributed by atoms with Crippen molar-refractivity contribution in [2.75, 3.05) is 52.7 Å². The second kappa shape index (κ2) is 29.4. The van der Waals surface area contributed by atoms with E-state index in [0.717, 1.165) is 55.3 Å². The number of aliphatic imine (C=N–C) groups is 1. The molecule has 20 heteroatoms. The second-order valence-electron chi connectivity index (χ2n) is 23.0. The number of hydrogen-bond donors (Lipinski definition) is 7. The van der Waals surface area contributed by atoms with E-state index in [1.807, 2.05) is 0 Å². The van der Waals surface area contributed by atoms with Crippen molar-refractivity contribution in [3.63, 3.8) is 0 Å². The SMILES string of the molecule is C=C(N)CCCC(=O)OCC(COC(=O)CCCC(=N)N)(COC(=O)CCN=C(N)N)OC(=O)NCCOC(C)(C)OCCNC(=O)OC1CCC2(C)C(=CCC3C2CCC2(C)C(C(C)CCCC(C)C)CCC32)C1. The predicted molar refractivity (Wildman–Crippen MR) is 286 cm³/mol. The lowest BCUT2D eigenvalue weighted by atomic mass is 9.47. The Morgan fingerprint density at radius 2 is 1.37 bits per heavy atom.